The minimum Gasteiger partial charge on any atom is -0.481 e. The minimum absolute atomic E-state index is 0.145. The first-order valence-corrected chi connectivity index (χ1v) is 8.86. The summed E-state index contributed by atoms with van der Waals surface area (Å²) in [5.74, 6) is 0.137. The van der Waals surface area contributed by atoms with Crippen LogP contribution in [0, 0.1) is 6.92 Å². The summed E-state index contributed by atoms with van der Waals surface area (Å²) in [7, 11) is 1.32. The predicted molar refractivity (Wildman–Crippen MR) is 92.5 cm³/mol. The number of thioether (sulfide) groups is 1. The molecule has 7 nitrogen and oxygen atoms in total. The summed E-state index contributed by atoms with van der Waals surface area (Å²) in [6.07, 6.45) is -0.679. The number of hydrogen-bond donors (Lipinski definition) is 1. The molecule has 0 aliphatic rings. The van der Waals surface area contributed by atoms with Gasteiger partial charge in [-0.3, -0.25) is 14.9 Å². The number of ether oxygens (including phenoxy) is 2. The number of carbonyl (C=O) groups is 2. The van der Waals surface area contributed by atoms with Crippen LogP contribution in [0.1, 0.15) is 12.5 Å². The van der Waals surface area contributed by atoms with Gasteiger partial charge in [-0.15, -0.1) is 10.2 Å². The number of hydrogen-bond acceptors (Lipinski definition) is 8. The maximum atomic E-state index is 12.2. The SMILES string of the molecule is COC(=O)CSc1nnc(NC(=O)C(C)Oc2ccccc2C)s1. The van der Waals surface area contributed by atoms with Crippen LogP contribution in [-0.4, -0.2) is 41.0 Å². The summed E-state index contributed by atoms with van der Waals surface area (Å²) < 4.78 is 10.8. The molecule has 1 N–H and O–H groups in total. The lowest BCUT2D eigenvalue weighted by Crippen LogP contribution is -2.30. The van der Waals surface area contributed by atoms with Crippen molar-refractivity contribution in [2.75, 3.05) is 18.2 Å². The highest BCUT2D eigenvalue weighted by molar-refractivity contribution is 8.01. The lowest BCUT2D eigenvalue weighted by molar-refractivity contribution is -0.137. The molecule has 1 amide bonds. The molecule has 24 heavy (non-hydrogen) atoms. The van der Waals surface area contributed by atoms with E-state index in [1.54, 1.807) is 6.92 Å². The highest BCUT2D eigenvalue weighted by atomic mass is 32.2. The average Bonchev–Trinajstić information content (AvgIpc) is 3.02. The maximum Gasteiger partial charge on any atom is 0.316 e. The topological polar surface area (TPSA) is 90.4 Å². The van der Waals surface area contributed by atoms with E-state index in [0.717, 1.165) is 5.56 Å². The van der Waals surface area contributed by atoms with Crippen LogP contribution < -0.4 is 10.1 Å². The number of nitrogens with zero attached hydrogens (tertiary/aromatic N) is 2. The normalized spacial score (nSPS) is 11.6. The second-order valence-electron chi connectivity index (χ2n) is 4.75. The Balaban J connectivity index is 1.88. The molecule has 0 saturated heterocycles. The third kappa shape index (κ3) is 5.20. The van der Waals surface area contributed by atoms with Crippen LogP contribution in [0.4, 0.5) is 5.13 Å². The quantitative estimate of drug-likeness (QED) is 0.457. The highest BCUT2D eigenvalue weighted by Gasteiger charge is 2.18. The van der Waals surface area contributed by atoms with E-state index in [2.05, 4.69) is 20.3 Å². The van der Waals surface area contributed by atoms with Crippen molar-refractivity contribution in [2.24, 2.45) is 0 Å². The molecule has 0 fully saturated rings. The first-order valence-electron chi connectivity index (χ1n) is 7.06. The van der Waals surface area contributed by atoms with Gasteiger partial charge in [0.05, 0.1) is 12.9 Å². The van der Waals surface area contributed by atoms with E-state index in [0.29, 0.717) is 15.2 Å². The van der Waals surface area contributed by atoms with Gasteiger partial charge in [-0.25, -0.2) is 0 Å². The molecule has 2 rings (SSSR count). The first kappa shape index (κ1) is 18.2. The number of anilines is 1. The number of benzene rings is 1. The monoisotopic (exact) mass is 367 g/mol. The fourth-order valence-corrected chi connectivity index (χ4v) is 3.23. The zero-order valence-electron chi connectivity index (χ0n) is 13.4. The maximum absolute atomic E-state index is 12.2. The van der Waals surface area contributed by atoms with Crippen molar-refractivity contribution >= 4 is 40.1 Å². The van der Waals surface area contributed by atoms with Gasteiger partial charge in [0.1, 0.15) is 5.75 Å². The molecule has 0 saturated carbocycles. The zero-order chi connectivity index (χ0) is 17.5. The molecule has 1 atom stereocenters. The zero-order valence-corrected chi connectivity index (χ0v) is 15.1. The van der Waals surface area contributed by atoms with E-state index in [1.165, 1.54) is 30.2 Å². The van der Waals surface area contributed by atoms with Crippen molar-refractivity contribution in [3.05, 3.63) is 29.8 Å². The largest absolute Gasteiger partial charge is 0.481 e. The molecular formula is C15H17N3O4S2. The molecule has 1 unspecified atom stereocenters. The lowest BCUT2D eigenvalue weighted by atomic mass is 10.2. The number of rotatable bonds is 7. The Morgan fingerprint density at radius 3 is 2.79 bits per heavy atom. The van der Waals surface area contributed by atoms with Crippen LogP contribution in [0.5, 0.6) is 5.75 Å². The second-order valence-corrected chi connectivity index (χ2v) is 6.95. The minimum atomic E-state index is -0.679. The molecule has 2 aromatic rings. The summed E-state index contributed by atoms with van der Waals surface area (Å²) >= 11 is 2.39. The number of amides is 1. The van der Waals surface area contributed by atoms with E-state index in [9.17, 15) is 9.59 Å². The van der Waals surface area contributed by atoms with Gasteiger partial charge >= 0.3 is 5.97 Å². The highest BCUT2D eigenvalue weighted by Crippen LogP contribution is 2.26. The fraction of sp³-hybridized carbons (Fsp3) is 0.333. The Labute approximate surface area is 147 Å². The molecular weight excluding hydrogens is 350 g/mol. The van der Waals surface area contributed by atoms with E-state index in [4.69, 9.17) is 4.74 Å². The Hall–Kier alpha value is -2.13. The standard InChI is InChI=1S/C15H17N3O4S2/c1-9-6-4-5-7-11(9)22-10(2)13(20)16-14-17-18-15(24-14)23-8-12(19)21-3/h4-7,10H,8H2,1-3H3,(H,16,17,20). The van der Waals surface area contributed by atoms with Crippen LogP contribution in [0.3, 0.4) is 0 Å². The van der Waals surface area contributed by atoms with E-state index >= 15 is 0 Å². The Morgan fingerprint density at radius 2 is 2.08 bits per heavy atom. The van der Waals surface area contributed by atoms with Crippen molar-refractivity contribution < 1.29 is 19.1 Å². The van der Waals surface area contributed by atoms with Crippen LogP contribution >= 0.6 is 23.1 Å². The Morgan fingerprint density at radius 1 is 1.33 bits per heavy atom. The van der Waals surface area contributed by atoms with Gasteiger partial charge < -0.3 is 9.47 Å². The summed E-state index contributed by atoms with van der Waals surface area (Å²) in [6, 6.07) is 7.48. The molecule has 9 heteroatoms. The second kappa shape index (κ2) is 8.65. The number of para-hydroxylation sites is 1. The lowest BCUT2D eigenvalue weighted by Gasteiger charge is -2.15. The van der Waals surface area contributed by atoms with Gasteiger partial charge in [0.2, 0.25) is 5.13 Å². The molecule has 1 aromatic heterocycles. The number of esters is 1. The van der Waals surface area contributed by atoms with Crippen LogP contribution in [0.25, 0.3) is 0 Å². The molecule has 1 heterocycles. The number of carbonyl (C=O) groups excluding carboxylic acids is 2. The number of aryl methyl sites for hydroxylation is 1. The number of aromatic nitrogens is 2. The molecule has 1 aromatic carbocycles. The fourth-order valence-electron chi connectivity index (χ4n) is 1.64. The van der Waals surface area contributed by atoms with Gasteiger partial charge in [0.15, 0.2) is 10.4 Å². The Bertz CT molecular complexity index is 720. The van der Waals surface area contributed by atoms with E-state index in [-0.39, 0.29) is 17.6 Å². The molecule has 128 valence electrons. The van der Waals surface area contributed by atoms with Crippen molar-refractivity contribution in [3.63, 3.8) is 0 Å². The van der Waals surface area contributed by atoms with Crippen molar-refractivity contribution in [1.82, 2.24) is 10.2 Å². The van der Waals surface area contributed by atoms with Crippen molar-refractivity contribution in [1.29, 1.82) is 0 Å². The van der Waals surface area contributed by atoms with Gasteiger partial charge in [0, 0.05) is 0 Å². The van der Waals surface area contributed by atoms with Crippen molar-refractivity contribution in [3.8, 4) is 5.75 Å². The summed E-state index contributed by atoms with van der Waals surface area (Å²) in [4.78, 5) is 23.3. The van der Waals surface area contributed by atoms with Gasteiger partial charge in [-0.05, 0) is 25.5 Å². The van der Waals surface area contributed by atoms with Crippen LogP contribution in [0.2, 0.25) is 0 Å². The van der Waals surface area contributed by atoms with Crippen molar-refractivity contribution in [2.45, 2.75) is 24.3 Å². The number of nitrogens with one attached hydrogen (secondary N) is 1. The average molecular weight is 367 g/mol. The van der Waals surface area contributed by atoms with Gasteiger partial charge in [-0.1, -0.05) is 41.3 Å². The number of methoxy groups -OCH3 is 1. The molecule has 0 aliphatic carbocycles. The third-order valence-electron chi connectivity index (χ3n) is 2.94. The summed E-state index contributed by atoms with van der Waals surface area (Å²) in [6.45, 7) is 3.57. The molecule has 0 spiro atoms. The summed E-state index contributed by atoms with van der Waals surface area (Å²) in [5, 5.41) is 10.8. The van der Waals surface area contributed by atoms with E-state index < -0.39 is 6.10 Å². The molecule has 0 radical (unpaired) electrons. The Kier molecular flexibility index (Phi) is 6.56. The molecule has 0 bridgehead atoms. The van der Waals surface area contributed by atoms with Gasteiger partial charge in [-0.2, -0.15) is 0 Å². The predicted octanol–water partition coefficient (Wildman–Crippen LogP) is 2.52. The molecule has 0 aliphatic heterocycles. The first-order chi connectivity index (χ1) is 11.5. The van der Waals surface area contributed by atoms with Gasteiger partial charge in [0.25, 0.3) is 5.91 Å². The summed E-state index contributed by atoms with van der Waals surface area (Å²) in [5.41, 5.74) is 0.953. The van der Waals surface area contributed by atoms with E-state index in [1.807, 2.05) is 31.2 Å². The third-order valence-corrected chi connectivity index (χ3v) is 4.89. The van der Waals surface area contributed by atoms with Crippen LogP contribution in [0.15, 0.2) is 28.6 Å². The smallest absolute Gasteiger partial charge is 0.316 e. The van der Waals surface area contributed by atoms with Crippen LogP contribution in [-0.2, 0) is 14.3 Å².